The van der Waals surface area contributed by atoms with Gasteiger partial charge in [0.15, 0.2) is 0 Å². The third-order valence-corrected chi connectivity index (χ3v) is 3.19. The third-order valence-electron chi connectivity index (χ3n) is 2.89. The smallest absolute Gasteiger partial charge is 0.288 e. The lowest BCUT2D eigenvalue weighted by Crippen LogP contribution is -2.09. The third kappa shape index (κ3) is 3.41. The van der Waals surface area contributed by atoms with Gasteiger partial charge in [0.2, 0.25) is 0 Å². The van der Waals surface area contributed by atoms with E-state index < -0.39 is 9.85 Å². The first-order valence-corrected chi connectivity index (χ1v) is 6.47. The molecular weight excluding hydrogens is 312 g/mol. The van der Waals surface area contributed by atoms with Crippen molar-refractivity contribution in [3.8, 4) is 0 Å². The Bertz CT molecular complexity index is 687. The van der Waals surface area contributed by atoms with E-state index in [0.29, 0.717) is 16.9 Å². The number of benzene rings is 2. The van der Waals surface area contributed by atoms with E-state index in [1.807, 2.05) is 0 Å². The zero-order chi connectivity index (χ0) is 16.3. The van der Waals surface area contributed by atoms with Gasteiger partial charge in [0.1, 0.15) is 5.02 Å². The van der Waals surface area contributed by atoms with Gasteiger partial charge in [0.05, 0.1) is 21.2 Å². The second kappa shape index (κ2) is 6.27. The Morgan fingerprint density at radius 2 is 1.41 bits per heavy atom. The van der Waals surface area contributed by atoms with Crippen LogP contribution in [0.3, 0.4) is 0 Å². The Balaban J connectivity index is 2.10. The van der Waals surface area contributed by atoms with E-state index in [1.54, 1.807) is 19.1 Å². The van der Waals surface area contributed by atoms with E-state index in [4.69, 9.17) is 11.6 Å². The van der Waals surface area contributed by atoms with Crippen LogP contribution in [0.2, 0.25) is 5.02 Å². The van der Waals surface area contributed by atoms with Crippen molar-refractivity contribution in [2.75, 3.05) is 10.9 Å². The van der Waals surface area contributed by atoms with Crippen LogP contribution < -0.4 is 10.9 Å². The summed E-state index contributed by atoms with van der Waals surface area (Å²) < 4.78 is 0. The Morgan fingerprint density at radius 3 is 1.86 bits per heavy atom. The highest BCUT2D eigenvalue weighted by atomic mass is 35.5. The van der Waals surface area contributed by atoms with Crippen LogP contribution in [0.25, 0.3) is 0 Å². The fourth-order valence-corrected chi connectivity index (χ4v) is 2.06. The molecule has 0 aliphatic rings. The minimum atomic E-state index is -0.570. The summed E-state index contributed by atoms with van der Waals surface area (Å²) in [5, 5.41) is 21.4. The van der Waals surface area contributed by atoms with Gasteiger partial charge in [-0.3, -0.25) is 20.2 Å². The van der Waals surface area contributed by atoms with Gasteiger partial charge in [-0.1, -0.05) is 11.6 Å². The molecule has 2 rings (SSSR count). The molecule has 2 aromatic carbocycles. The number of nitrogens with one attached hydrogen (secondary N) is 2. The van der Waals surface area contributed by atoms with Crippen molar-refractivity contribution in [2.45, 2.75) is 6.92 Å². The van der Waals surface area contributed by atoms with E-state index in [1.165, 1.54) is 24.3 Å². The van der Waals surface area contributed by atoms with Crippen LogP contribution in [0.15, 0.2) is 36.4 Å². The van der Waals surface area contributed by atoms with Gasteiger partial charge in [-0.25, -0.2) is 0 Å². The van der Waals surface area contributed by atoms with Crippen molar-refractivity contribution in [2.24, 2.45) is 0 Å². The topological polar surface area (TPSA) is 110 Å². The summed E-state index contributed by atoms with van der Waals surface area (Å²) in [6.45, 7) is 1.63. The average molecular weight is 323 g/mol. The minimum absolute atomic E-state index is 0.0108. The normalized spacial score (nSPS) is 10.1. The number of hydrogen-bond donors (Lipinski definition) is 2. The average Bonchev–Trinajstić information content (AvgIpc) is 2.44. The summed E-state index contributed by atoms with van der Waals surface area (Å²) in [5.74, 6) is 0. The molecule has 2 aromatic rings. The summed E-state index contributed by atoms with van der Waals surface area (Å²) in [6, 6.07) is 8.74. The van der Waals surface area contributed by atoms with Gasteiger partial charge in [0.25, 0.3) is 11.4 Å². The lowest BCUT2D eigenvalue weighted by Gasteiger charge is -2.10. The van der Waals surface area contributed by atoms with Gasteiger partial charge in [0, 0.05) is 17.7 Å². The largest absolute Gasteiger partial charge is 0.301 e. The quantitative estimate of drug-likeness (QED) is 0.638. The van der Waals surface area contributed by atoms with Crippen molar-refractivity contribution in [3.63, 3.8) is 0 Å². The molecule has 2 N–H and O–H groups in total. The van der Waals surface area contributed by atoms with Crippen molar-refractivity contribution in [1.29, 1.82) is 0 Å². The predicted molar refractivity (Wildman–Crippen MR) is 83.2 cm³/mol. The molecule has 0 atom stereocenters. The summed E-state index contributed by atoms with van der Waals surface area (Å²) in [5.41, 5.74) is 7.15. The molecule has 0 fully saturated rings. The molecule has 0 saturated heterocycles. The van der Waals surface area contributed by atoms with Crippen molar-refractivity contribution in [1.82, 2.24) is 0 Å². The number of hydrazine groups is 1. The lowest BCUT2D eigenvalue weighted by molar-refractivity contribution is -0.385. The zero-order valence-corrected chi connectivity index (χ0v) is 12.1. The second-order valence-corrected chi connectivity index (χ2v) is 4.84. The fourth-order valence-electron chi connectivity index (χ4n) is 1.82. The molecule has 0 radical (unpaired) electrons. The molecular formula is C13H11ClN4O4. The predicted octanol–water partition coefficient (Wildman–Crippen LogP) is 3.90. The number of nitro benzene ring substituents is 2. The van der Waals surface area contributed by atoms with E-state index in [9.17, 15) is 20.2 Å². The molecule has 8 nitrogen and oxygen atoms in total. The van der Waals surface area contributed by atoms with Crippen LogP contribution in [0, 0.1) is 27.2 Å². The van der Waals surface area contributed by atoms with Crippen LogP contribution in [-0.4, -0.2) is 9.85 Å². The number of halogens is 1. The fraction of sp³-hybridized carbons (Fsp3) is 0.0769. The standard InChI is InChI=1S/C13H11ClN4O4/c1-8-6-9(2-4-12(8)17(19)20)15-16-10-3-5-13(18(21)22)11(14)7-10/h2-7,15-16H,1H3. The van der Waals surface area contributed by atoms with Gasteiger partial charge >= 0.3 is 0 Å². The number of nitrogens with zero attached hydrogens (tertiary/aromatic N) is 2. The number of anilines is 2. The first kappa shape index (κ1) is 15.5. The number of rotatable bonds is 5. The number of nitro groups is 2. The molecule has 0 spiro atoms. The molecule has 0 aliphatic heterocycles. The highest BCUT2D eigenvalue weighted by molar-refractivity contribution is 6.32. The highest BCUT2D eigenvalue weighted by Gasteiger charge is 2.12. The monoisotopic (exact) mass is 322 g/mol. The van der Waals surface area contributed by atoms with Crippen LogP contribution in [0.1, 0.15) is 5.56 Å². The Labute approximate surface area is 130 Å². The minimum Gasteiger partial charge on any atom is -0.301 e. The van der Waals surface area contributed by atoms with Crippen LogP contribution in [0.4, 0.5) is 22.7 Å². The summed E-state index contributed by atoms with van der Waals surface area (Å²) in [6.07, 6.45) is 0. The Kier molecular flexibility index (Phi) is 4.42. The lowest BCUT2D eigenvalue weighted by atomic mass is 10.2. The summed E-state index contributed by atoms with van der Waals surface area (Å²) >= 11 is 5.80. The van der Waals surface area contributed by atoms with E-state index in [2.05, 4.69) is 10.9 Å². The molecule has 0 saturated carbocycles. The van der Waals surface area contributed by atoms with E-state index >= 15 is 0 Å². The maximum absolute atomic E-state index is 10.7. The molecule has 9 heteroatoms. The maximum atomic E-state index is 10.7. The van der Waals surface area contributed by atoms with Crippen molar-refractivity contribution >= 4 is 34.4 Å². The van der Waals surface area contributed by atoms with Gasteiger partial charge in [-0.15, -0.1) is 0 Å². The molecule has 0 aliphatic carbocycles. The van der Waals surface area contributed by atoms with Crippen LogP contribution >= 0.6 is 11.6 Å². The second-order valence-electron chi connectivity index (χ2n) is 4.43. The van der Waals surface area contributed by atoms with E-state index in [-0.39, 0.29) is 16.4 Å². The molecule has 0 heterocycles. The summed E-state index contributed by atoms with van der Waals surface area (Å²) in [4.78, 5) is 20.4. The Hall–Kier alpha value is -2.87. The molecule has 114 valence electrons. The molecule has 22 heavy (non-hydrogen) atoms. The number of hydrogen-bond acceptors (Lipinski definition) is 6. The first-order valence-electron chi connectivity index (χ1n) is 6.09. The van der Waals surface area contributed by atoms with Gasteiger partial charge in [-0.05, 0) is 31.2 Å². The van der Waals surface area contributed by atoms with Crippen LogP contribution in [-0.2, 0) is 0 Å². The summed E-state index contributed by atoms with van der Waals surface area (Å²) in [7, 11) is 0. The van der Waals surface area contributed by atoms with Crippen molar-refractivity contribution in [3.05, 3.63) is 67.2 Å². The first-order chi connectivity index (χ1) is 10.4. The maximum Gasteiger partial charge on any atom is 0.288 e. The number of aryl methyl sites for hydroxylation is 1. The van der Waals surface area contributed by atoms with E-state index in [0.717, 1.165) is 0 Å². The van der Waals surface area contributed by atoms with Gasteiger partial charge in [-0.2, -0.15) is 0 Å². The van der Waals surface area contributed by atoms with Crippen molar-refractivity contribution < 1.29 is 9.85 Å². The molecule has 0 bridgehead atoms. The van der Waals surface area contributed by atoms with Crippen LogP contribution in [0.5, 0.6) is 0 Å². The molecule has 0 unspecified atom stereocenters. The SMILES string of the molecule is Cc1cc(NNc2ccc([N+](=O)[O-])c(Cl)c2)ccc1[N+](=O)[O-]. The molecule has 0 aromatic heterocycles. The molecule has 0 amide bonds. The highest BCUT2D eigenvalue weighted by Crippen LogP contribution is 2.27. The van der Waals surface area contributed by atoms with Gasteiger partial charge < -0.3 is 10.9 Å². The zero-order valence-electron chi connectivity index (χ0n) is 11.4. The Morgan fingerprint density at radius 1 is 0.909 bits per heavy atom.